The SMILES string of the molecule is CCNC(=NC)NC1CC(C)(C)Oc2ccccc21. The predicted molar refractivity (Wildman–Crippen MR) is 78.7 cm³/mol. The lowest BCUT2D eigenvalue weighted by Gasteiger charge is -2.38. The third-order valence-electron chi connectivity index (χ3n) is 3.26. The third kappa shape index (κ3) is 3.19. The molecule has 2 rings (SSSR count). The van der Waals surface area contributed by atoms with Crippen molar-refractivity contribution in [1.29, 1.82) is 0 Å². The van der Waals surface area contributed by atoms with Gasteiger partial charge in [-0.2, -0.15) is 0 Å². The molecule has 1 heterocycles. The molecule has 0 fully saturated rings. The number of ether oxygens (including phenoxy) is 1. The number of aliphatic imine (C=N–C) groups is 1. The van der Waals surface area contributed by atoms with Gasteiger partial charge in [0.15, 0.2) is 5.96 Å². The van der Waals surface area contributed by atoms with Gasteiger partial charge < -0.3 is 15.4 Å². The molecular weight excluding hydrogens is 238 g/mol. The Morgan fingerprint density at radius 3 is 2.84 bits per heavy atom. The second kappa shape index (κ2) is 5.51. The highest BCUT2D eigenvalue weighted by atomic mass is 16.5. The van der Waals surface area contributed by atoms with Crippen LogP contribution in [-0.2, 0) is 0 Å². The van der Waals surface area contributed by atoms with E-state index in [1.807, 2.05) is 18.2 Å². The molecule has 0 aliphatic carbocycles. The van der Waals surface area contributed by atoms with Crippen LogP contribution in [-0.4, -0.2) is 25.2 Å². The van der Waals surface area contributed by atoms with Gasteiger partial charge in [0.2, 0.25) is 0 Å². The summed E-state index contributed by atoms with van der Waals surface area (Å²) in [7, 11) is 1.79. The van der Waals surface area contributed by atoms with Crippen LogP contribution in [0.4, 0.5) is 0 Å². The van der Waals surface area contributed by atoms with Crippen molar-refractivity contribution in [3.05, 3.63) is 29.8 Å². The summed E-state index contributed by atoms with van der Waals surface area (Å²) in [4.78, 5) is 4.25. The molecule has 0 aromatic heterocycles. The van der Waals surface area contributed by atoms with Crippen LogP contribution in [0, 0.1) is 0 Å². The van der Waals surface area contributed by atoms with Gasteiger partial charge in [-0.25, -0.2) is 0 Å². The predicted octanol–water partition coefficient (Wildman–Crippen LogP) is 2.47. The molecule has 2 N–H and O–H groups in total. The molecule has 1 aromatic rings. The molecule has 0 spiro atoms. The van der Waals surface area contributed by atoms with Crippen LogP contribution >= 0.6 is 0 Å². The van der Waals surface area contributed by atoms with Crippen LogP contribution in [0.3, 0.4) is 0 Å². The monoisotopic (exact) mass is 261 g/mol. The maximum absolute atomic E-state index is 6.02. The van der Waals surface area contributed by atoms with Gasteiger partial charge in [-0.15, -0.1) is 0 Å². The Morgan fingerprint density at radius 2 is 2.16 bits per heavy atom. The molecule has 4 heteroatoms. The van der Waals surface area contributed by atoms with E-state index in [4.69, 9.17) is 4.74 Å². The van der Waals surface area contributed by atoms with E-state index in [1.165, 1.54) is 5.56 Å². The summed E-state index contributed by atoms with van der Waals surface area (Å²) in [5.41, 5.74) is 1.03. The number of guanidine groups is 1. The first-order chi connectivity index (χ1) is 9.05. The van der Waals surface area contributed by atoms with E-state index in [0.717, 1.165) is 24.7 Å². The summed E-state index contributed by atoms with van der Waals surface area (Å²) < 4.78 is 6.02. The Kier molecular flexibility index (Phi) is 3.98. The second-order valence-corrected chi connectivity index (χ2v) is 5.40. The first-order valence-electron chi connectivity index (χ1n) is 6.81. The summed E-state index contributed by atoms with van der Waals surface area (Å²) in [5.74, 6) is 1.79. The average molecular weight is 261 g/mol. The minimum Gasteiger partial charge on any atom is -0.487 e. The average Bonchev–Trinajstić information content (AvgIpc) is 2.36. The summed E-state index contributed by atoms with van der Waals surface area (Å²) in [6, 6.07) is 8.42. The topological polar surface area (TPSA) is 45.7 Å². The number of benzene rings is 1. The Balaban J connectivity index is 2.25. The maximum atomic E-state index is 6.02. The van der Waals surface area contributed by atoms with Crippen molar-refractivity contribution in [3.63, 3.8) is 0 Å². The molecule has 0 bridgehead atoms. The van der Waals surface area contributed by atoms with Crippen LogP contribution in [0.5, 0.6) is 5.75 Å². The fraction of sp³-hybridized carbons (Fsp3) is 0.533. The number of hydrogen-bond donors (Lipinski definition) is 2. The lowest BCUT2D eigenvalue weighted by Crippen LogP contribution is -2.45. The standard InChI is InChI=1S/C15H23N3O/c1-5-17-14(16-4)18-12-10-15(2,3)19-13-9-7-6-8-11(12)13/h6-9,12H,5,10H2,1-4H3,(H2,16,17,18). The molecule has 104 valence electrons. The van der Waals surface area contributed by atoms with Gasteiger partial charge in [0.05, 0.1) is 6.04 Å². The first kappa shape index (κ1) is 13.7. The second-order valence-electron chi connectivity index (χ2n) is 5.40. The van der Waals surface area contributed by atoms with Crippen molar-refractivity contribution in [2.45, 2.75) is 38.8 Å². The molecule has 0 amide bonds. The Bertz CT molecular complexity index is 468. The highest BCUT2D eigenvalue weighted by Gasteiger charge is 2.33. The van der Waals surface area contributed by atoms with Gasteiger partial charge in [-0.1, -0.05) is 18.2 Å². The molecular formula is C15H23N3O. The van der Waals surface area contributed by atoms with E-state index in [9.17, 15) is 0 Å². The lowest BCUT2D eigenvalue weighted by molar-refractivity contribution is 0.0694. The smallest absolute Gasteiger partial charge is 0.191 e. The minimum absolute atomic E-state index is 0.170. The van der Waals surface area contributed by atoms with Crippen LogP contribution in [0.25, 0.3) is 0 Å². The molecule has 4 nitrogen and oxygen atoms in total. The van der Waals surface area contributed by atoms with Gasteiger partial charge in [0, 0.05) is 25.6 Å². The van der Waals surface area contributed by atoms with E-state index in [0.29, 0.717) is 0 Å². The fourth-order valence-corrected chi connectivity index (χ4v) is 2.46. The number of hydrogen-bond acceptors (Lipinski definition) is 2. The first-order valence-corrected chi connectivity index (χ1v) is 6.81. The molecule has 0 saturated carbocycles. The zero-order valence-corrected chi connectivity index (χ0v) is 12.2. The van der Waals surface area contributed by atoms with Crippen molar-refractivity contribution in [2.75, 3.05) is 13.6 Å². The zero-order chi connectivity index (χ0) is 13.9. The molecule has 1 unspecified atom stereocenters. The van der Waals surface area contributed by atoms with Crippen molar-refractivity contribution in [2.24, 2.45) is 4.99 Å². The van der Waals surface area contributed by atoms with Crippen molar-refractivity contribution in [1.82, 2.24) is 10.6 Å². The summed E-state index contributed by atoms with van der Waals surface area (Å²) in [5, 5.41) is 6.71. The van der Waals surface area contributed by atoms with Crippen LogP contribution in [0.1, 0.15) is 38.8 Å². The molecule has 1 aromatic carbocycles. The van der Waals surface area contributed by atoms with E-state index < -0.39 is 0 Å². The van der Waals surface area contributed by atoms with Crippen LogP contribution in [0.15, 0.2) is 29.3 Å². The number of para-hydroxylation sites is 1. The van der Waals surface area contributed by atoms with Crippen molar-refractivity contribution < 1.29 is 4.74 Å². The highest BCUT2D eigenvalue weighted by molar-refractivity contribution is 5.80. The van der Waals surface area contributed by atoms with E-state index in [1.54, 1.807) is 7.05 Å². The van der Waals surface area contributed by atoms with Crippen molar-refractivity contribution in [3.8, 4) is 5.75 Å². The van der Waals surface area contributed by atoms with Gasteiger partial charge >= 0.3 is 0 Å². The van der Waals surface area contributed by atoms with Gasteiger partial charge in [-0.05, 0) is 26.8 Å². The summed E-state index contributed by atoms with van der Waals surface area (Å²) in [6.45, 7) is 7.16. The molecule has 0 saturated heterocycles. The lowest BCUT2D eigenvalue weighted by atomic mass is 9.90. The molecule has 19 heavy (non-hydrogen) atoms. The number of nitrogens with one attached hydrogen (secondary N) is 2. The van der Waals surface area contributed by atoms with Gasteiger partial charge in [0.1, 0.15) is 11.4 Å². The normalized spacial score (nSPS) is 21.3. The van der Waals surface area contributed by atoms with Gasteiger partial charge in [0.25, 0.3) is 0 Å². The number of nitrogens with zero attached hydrogens (tertiary/aromatic N) is 1. The Morgan fingerprint density at radius 1 is 1.42 bits per heavy atom. The van der Waals surface area contributed by atoms with Crippen molar-refractivity contribution >= 4 is 5.96 Å². The van der Waals surface area contributed by atoms with Crippen LogP contribution in [0.2, 0.25) is 0 Å². The number of rotatable bonds is 2. The molecule has 1 aliphatic heterocycles. The number of fused-ring (bicyclic) bond motifs is 1. The summed E-state index contributed by atoms with van der Waals surface area (Å²) in [6.07, 6.45) is 0.911. The largest absolute Gasteiger partial charge is 0.487 e. The fourth-order valence-electron chi connectivity index (χ4n) is 2.46. The Labute approximate surface area is 115 Å². The highest BCUT2D eigenvalue weighted by Crippen LogP contribution is 2.39. The summed E-state index contributed by atoms with van der Waals surface area (Å²) >= 11 is 0. The quantitative estimate of drug-likeness (QED) is 0.635. The zero-order valence-electron chi connectivity index (χ0n) is 12.2. The third-order valence-corrected chi connectivity index (χ3v) is 3.26. The van der Waals surface area contributed by atoms with E-state index in [-0.39, 0.29) is 11.6 Å². The Hall–Kier alpha value is -1.71. The van der Waals surface area contributed by atoms with E-state index in [2.05, 4.69) is 42.5 Å². The van der Waals surface area contributed by atoms with E-state index >= 15 is 0 Å². The molecule has 1 aliphatic rings. The van der Waals surface area contributed by atoms with Gasteiger partial charge in [-0.3, -0.25) is 4.99 Å². The maximum Gasteiger partial charge on any atom is 0.191 e. The van der Waals surface area contributed by atoms with Crippen LogP contribution < -0.4 is 15.4 Å². The molecule has 1 atom stereocenters. The minimum atomic E-state index is -0.170. The molecule has 0 radical (unpaired) electrons.